The highest BCUT2D eigenvalue weighted by Gasteiger charge is 2.12. The summed E-state index contributed by atoms with van der Waals surface area (Å²) in [6.45, 7) is 3.79. The lowest BCUT2D eigenvalue weighted by Crippen LogP contribution is -2.30. The van der Waals surface area contributed by atoms with E-state index in [1.54, 1.807) is 6.07 Å². The van der Waals surface area contributed by atoms with Gasteiger partial charge >= 0.3 is 0 Å². The molecular formula is C20H23N3O4S. The van der Waals surface area contributed by atoms with Crippen molar-refractivity contribution in [2.45, 2.75) is 13.3 Å². The number of hydrogen-bond donors (Lipinski definition) is 3. The van der Waals surface area contributed by atoms with Crippen LogP contribution in [0.1, 0.15) is 13.3 Å². The fourth-order valence-corrected chi connectivity index (χ4v) is 2.85. The van der Waals surface area contributed by atoms with Gasteiger partial charge in [-0.15, -0.1) is 0 Å². The number of rotatable bonds is 7. The number of carbonyl (C=O) groups is 1. The van der Waals surface area contributed by atoms with Crippen molar-refractivity contribution in [3.63, 3.8) is 0 Å². The van der Waals surface area contributed by atoms with Crippen LogP contribution in [-0.2, 0) is 4.79 Å². The van der Waals surface area contributed by atoms with Gasteiger partial charge in [-0.3, -0.25) is 4.79 Å². The van der Waals surface area contributed by atoms with Gasteiger partial charge in [0.2, 0.25) is 5.91 Å². The summed E-state index contributed by atoms with van der Waals surface area (Å²) in [4.78, 5) is 11.1. The topological polar surface area (TPSA) is 80.9 Å². The van der Waals surface area contributed by atoms with E-state index in [4.69, 9.17) is 26.4 Å². The molecule has 2 aromatic rings. The molecule has 8 heteroatoms. The van der Waals surface area contributed by atoms with Gasteiger partial charge in [0.1, 0.15) is 19.0 Å². The second-order valence-electron chi connectivity index (χ2n) is 6.15. The number of thiocarbonyl (C=S) groups is 1. The Morgan fingerprint density at radius 2 is 1.86 bits per heavy atom. The van der Waals surface area contributed by atoms with Crippen LogP contribution in [0.3, 0.4) is 0 Å². The maximum atomic E-state index is 11.1. The van der Waals surface area contributed by atoms with Crippen LogP contribution in [0, 0.1) is 0 Å². The van der Waals surface area contributed by atoms with Crippen LogP contribution in [-0.4, -0.2) is 37.4 Å². The van der Waals surface area contributed by atoms with Crippen molar-refractivity contribution >= 4 is 34.6 Å². The minimum atomic E-state index is -0.111. The summed E-state index contributed by atoms with van der Waals surface area (Å²) >= 11 is 5.32. The quantitative estimate of drug-likeness (QED) is 0.486. The molecule has 28 heavy (non-hydrogen) atoms. The molecule has 3 rings (SSSR count). The second kappa shape index (κ2) is 9.80. The molecule has 1 amide bonds. The lowest BCUT2D eigenvalue weighted by atomic mass is 10.2. The summed E-state index contributed by atoms with van der Waals surface area (Å²) in [6.07, 6.45) is 0.771. The fourth-order valence-electron chi connectivity index (χ4n) is 2.63. The SMILES string of the molecule is CC(=O)Nc1cccc(OCCCNC(=S)Nc2ccc3c(c2)OCCO3)c1. The Kier molecular flexibility index (Phi) is 6.91. The van der Waals surface area contributed by atoms with E-state index < -0.39 is 0 Å². The van der Waals surface area contributed by atoms with Crippen LogP contribution in [0.5, 0.6) is 17.2 Å². The first-order valence-corrected chi connectivity index (χ1v) is 9.46. The third kappa shape index (κ3) is 6.02. The third-order valence-electron chi connectivity index (χ3n) is 3.83. The van der Waals surface area contributed by atoms with E-state index in [9.17, 15) is 4.79 Å². The number of carbonyl (C=O) groups excluding carboxylic acids is 1. The molecule has 7 nitrogen and oxygen atoms in total. The van der Waals surface area contributed by atoms with E-state index >= 15 is 0 Å². The highest BCUT2D eigenvalue weighted by molar-refractivity contribution is 7.80. The molecule has 1 aliphatic heterocycles. The zero-order valence-corrected chi connectivity index (χ0v) is 16.4. The normalized spacial score (nSPS) is 12.0. The Bertz CT molecular complexity index is 844. The Hall–Kier alpha value is -3.00. The predicted octanol–water partition coefficient (Wildman–Crippen LogP) is 3.17. The van der Waals surface area contributed by atoms with Crippen molar-refractivity contribution in [2.75, 3.05) is 37.0 Å². The van der Waals surface area contributed by atoms with Crippen molar-refractivity contribution in [3.05, 3.63) is 42.5 Å². The first kappa shape index (κ1) is 19.8. The molecule has 0 saturated carbocycles. The first-order chi connectivity index (χ1) is 13.6. The van der Waals surface area contributed by atoms with Gasteiger partial charge in [-0.25, -0.2) is 0 Å². The molecule has 2 aromatic carbocycles. The summed E-state index contributed by atoms with van der Waals surface area (Å²) in [5.41, 5.74) is 1.56. The van der Waals surface area contributed by atoms with Gasteiger partial charge in [-0.05, 0) is 42.9 Å². The van der Waals surface area contributed by atoms with Gasteiger partial charge in [0.05, 0.1) is 6.61 Å². The van der Waals surface area contributed by atoms with Crippen LogP contribution in [0.15, 0.2) is 42.5 Å². The molecule has 0 aromatic heterocycles. The van der Waals surface area contributed by atoms with Gasteiger partial charge < -0.3 is 30.2 Å². The van der Waals surface area contributed by atoms with Gasteiger partial charge in [0, 0.05) is 37.0 Å². The van der Waals surface area contributed by atoms with Crippen molar-refractivity contribution in [3.8, 4) is 17.2 Å². The number of ether oxygens (including phenoxy) is 3. The van der Waals surface area contributed by atoms with Crippen LogP contribution >= 0.6 is 12.2 Å². The highest BCUT2D eigenvalue weighted by atomic mass is 32.1. The zero-order chi connectivity index (χ0) is 19.8. The fraction of sp³-hybridized carbons (Fsp3) is 0.300. The highest BCUT2D eigenvalue weighted by Crippen LogP contribution is 2.32. The minimum Gasteiger partial charge on any atom is -0.493 e. The van der Waals surface area contributed by atoms with E-state index in [2.05, 4.69) is 16.0 Å². The molecule has 0 fully saturated rings. The summed E-state index contributed by atoms with van der Waals surface area (Å²) in [7, 11) is 0. The van der Waals surface area contributed by atoms with Gasteiger partial charge in [-0.1, -0.05) is 6.07 Å². The van der Waals surface area contributed by atoms with Crippen LogP contribution in [0.25, 0.3) is 0 Å². The standard InChI is InChI=1S/C20H23N3O4S/c1-14(24)22-15-4-2-5-17(12-15)25-9-3-8-21-20(28)23-16-6-7-18-19(13-16)27-11-10-26-18/h2,4-7,12-13H,3,8-11H2,1H3,(H,22,24)(H2,21,23,28). The van der Waals surface area contributed by atoms with Crippen molar-refractivity contribution in [2.24, 2.45) is 0 Å². The first-order valence-electron chi connectivity index (χ1n) is 9.05. The lowest BCUT2D eigenvalue weighted by Gasteiger charge is -2.19. The number of amides is 1. The third-order valence-corrected chi connectivity index (χ3v) is 4.08. The number of nitrogens with one attached hydrogen (secondary N) is 3. The Morgan fingerprint density at radius 3 is 2.68 bits per heavy atom. The molecule has 0 unspecified atom stereocenters. The maximum absolute atomic E-state index is 11.1. The van der Waals surface area contributed by atoms with Crippen molar-refractivity contribution in [1.82, 2.24) is 5.32 Å². The van der Waals surface area contributed by atoms with E-state index in [1.807, 2.05) is 36.4 Å². The van der Waals surface area contributed by atoms with Crippen molar-refractivity contribution in [1.29, 1.82) is 0 Å². The zero-order valence-electron chi connectivity index (χ0n) is 15.6. The number of anilines is 2. The predicted molar refractivity (Wildman–Crippen MR) is 113 cm³/mol. The summed E-state index contributed by atoms with van der Waals surface area (Å²) < 4.78 is 16.8. The minimum absolute atomic E-state index is 0.111. The average molecular weight is 401 g/mol. The molecule has 0 saturated heterocycles. The van der Waals surface area contributed by atoms with Crippen LogP contribution in [0.4, 0.5) is 11.4 Å². The molecule has 0 radical (unpaired) electrons. The van der Waals surface area contributed by atoms with Crippen LogP contribution < -0.4 is 30.2 Å². The van der Waals surface area contributed by atoms with E-state index in [1.165, 1.54) is 6.92 Å². The lowest BCUT2D eigenvalue weighted by molar-refractivity contribution is -0.114. The number of fused-ring (bicyclic) bond motifs is 1. The summed E-state index contributed by atoms with van der Waals surface area (Å²) in [6, 6.07) is 12.9. The molecule has 1 aliphatic rings. The van der Waals surface area contributed by atoms with Gasteiger partial charge in [0.25, 0.3) is 0 Å². The van der Waals surface area contributed by atoms with Crippen molar-refractivity contribution < 1.29 is 19.0 Å². The van der Waals surface area contributed by atoms with Gasteiger partial charge in [-0.2, -0.15) is 0 Å². The molecule has 1 heterocycles. The number of hydrogen-bond acceptors (Lipinski definition) is 5. The molecule has 148 valence electrons. The summed E-state index contributed by atoms with van der Waals surface area (Å²) in [5, 5.41) is 9.54. The summed E-state index contributed by atoms with van der Waals surface area (Å²) in [5.74, 6) is 2.06. The van der Waals surface area contributed by atoms with E-state index in [0.29, 0.717) is 48.7 Å². The molecule has 3 N–H and O–H groups in total. The van der Waals surface area contributed by atoms with E-state index in [-0.39, 0.29) is 5.91 Å². The largest absolute Gasteiger partial charge is 0.493 e. The van der Waals surface area contributed by atoms with Gasteiger partial charge in [0.15, 0.2) is 16.6 Å². The molecule has 0 aliphatic carbocycles. The van der Waals surface area contributed by atoms with Crippen LogP contribution in [0.2, 0.25) is 0 Å². The Balaban J connectivity index is 1.36. The second-order valence-corrected chi connectivity index (χ2v) is 6.56. The smallest absolute Gasteiger partial charge is 0.221 e. The number of benzene rings is 2. The maximum Gasteiger partial charge on any atom is 0.221 e. The monoisotopic (exact) mass is 401 g/mol. The van der Waals surface area contributed by atoms with E-state index in [0.717, 1.165) is 17.9 Å². The Morgan fingerprint density at radius 1 is 1.07 bits per heavy atom. The molecular weight excluding hydrogens is 378 g/mol. The molecule has 0 bridgehead atoms. The Labute approximate surface area is 169 Å². The average Bonchev–Trinajstić information content (AvgIpc) is 2.67. The molecule has 0 atom stereocenters. The molecule has 0 spiro atoms.